The largest absolute Gasteiger partial charge is 0.0769 e. The van der Waals surface area contributed by atoms with E-state index in [0.717, 1.165) is 59.2 Å². The van der Waals surface area contributed by atoms with Gasteiger partial charge in [0.1, 0.15) is 0 Å². The smallest absolute Gasteiger partial charge is 0.00262 e. The van der Waals surface area contributed by atoms with E-state index in [-0.39, 0.29) is 0 Å². The lowest BCUT2D eigenvalue weighted by Crippen LogP contribution is -2.36. The predicted octanol–water partition coefficient (Wildman–Crippen LogP) is 9.45. The number of allylic oxidation sites excluding steroid dienone is 6. The zero-order chi connectivity index (χ0) is 25.6. The van der Waals surface area contributed by atoms with Crippen LogP contribution in [0.1, 0.15) is 88.2 Å². The minimum absolute atomic E-state index is 0.703. The van der Waals surface area contributed by atoms with Crippen LogP contribution in [0.4, 0.5) is 0 Å². The average molecular weight is 580 g/mol. The highest BCUT2D eigenvalue weighted by atomic mass is 79.9. The maximum absolute atomic E-state index is 4.34. The van der Waals surface area contributed by atoms with Crippen molar-refractivity contribution in [2.75, 3.05) is 0 Å². The van der Waals surface area contributed by atoms with Crippen LogP contribution >= 0.6 is 15.9 Å². The second-order valence-corrected chi connectivity index (χ2v) is 15.5. The molecule has 0 nitrogen and oxygen atoms in total. The van der Waals surface area contributed by atoms with E-state index in [1.54, 1.807) is 43.4 Å². The van der Waals surface area contributed by atoms with E-state index in [4.69, 9.17) is 0 Å². The van der Waals surface area contributed by atoms with Gasteiger partial charge < -0.3 is 0 Å². The molecule has 1 heteroatoms. The number of fused-ring (bicyclic) bond motifs is 24. The van der Waals surface area contributed by atoms with Gasteiger partial charge in [-0.1, -0.05) is 94.8 Å². The van der Waals surface area contributed by atoms with Crippen molar-refractivity contribution in [3.8, 4) is 0 Å². The van der Waals surface area contributed by atoms with Crippen LogP contribution in [0.2, 0.25) is 0 Å². The molecule has 0 spiro atoms. The first-order valence-corrected chi connectivity index (χ1v) is 16.7. The van der Waals surface area contributed by atoms with Crippen LogP contribution in [0.5, 0.6) is 0 Å². The summed E-state index contributed by atoms with van der Waals surface area (Å²) in [6.45, 7) is 0. The van der Waals surface area contributed by atoms with Crippen LogP contribution in [0, 0.1) is 35.5 Å². The van der Waals surface area contributed by atoms with E-state index in [1.807, 2.05) is 16.7 Å². The minimum Gasteiger partial charge on any atom is -0.0769 e. The van der Waals surface area contributed by atoms with E-state index < -0.39 is 0 Å². The van der Waals surface area contributed by atoms with Crippen molar-refractivity contribution in [1.29, 1.82) is 0 Å². The lowest BCUT2D eigenvalue weighted by molar-refractivity contribution is 0.391. The first kappa shape index (κ1) is 21.1. The summed E-state index contributed by atoms with van der Waals surface area (Å²) in [4.78, 5) is 0. The summed E-state index contributed by atoms with van der Waals surface area (Å²) < 4.78 is 1.60. The summed E-state index contributed by atoms with van der Waals surface area (Å²) in [6.07, 6.45) is 6.96. The molecule has 0 radical (unpaired) electrons. The monoisotopic (exact) mass is 578 g/mol. The topological polar surface area (TPSA) is 0 Å². The maximum atomic E-state index is 4.34. The van der Waals surface area contributed by atoms with Crippen molar-refractivity contribution in [2.45, 2.75) is 54.8 Å². The summed E-state index contributed by atoms with van der Waals surface area (Å²) in [7, 11) is 0. The first-order valence-electron chi connectivity index (χ1n) is 15.9. The third-order valence-corrected chi connectivity index (χ3v) is 14.9. The zero-order valence-electron chi connectivity index (χ0n) is 22.4. The average Bonchev–Trinajstić information content (AvgIpc) is 3.77. The van der Waals surface area contributed by atoms with Crippen molar-refractivity contribution >= 4 is 15.9 Å². The van der Waals surface area contributed by atoms with Crippen LogP contribution in [0.25, 0.3) is 0 Å². The molecule has 3 aromatic rings. The molecule has 194 valence electrons. The number of halogens is 1. The molecular formula is C39H31Br. The van der Waals surface area contributed by atoms with Crippen molar-refractivity contribution in [3.63, 3.8) is 0 Å². The van der Waals surface area contributed by atoms with Gasteiger partial charge >= 0.3 is 0 Å². The lowest BCUT2D eigenvalue weighted by Gasteiger charge is -2.49. The summed E-state index contributed by atoms with van der Waals surface area (Å²) >= 11 is 4.34. The lowest BCUT2D eigenvalue weighted by atomic mass is 9.55. The highest BCUT2D eigenvalue weighted by Crippen LogP contribution is 2.78. The molecule has 0 N–H and O–H groups in total. The Labute approximate surface area is 244 Å². The standard InChI is InChI=1S/C39H31Br/c40-39-29-16-28(34-22-11-5-6-12-23(22)35(29)34)38(39)37-27-15-26(32-20-9-3-4-10-21(20)33(27)32)36(37)25-14-17-13-24(25)31-19-8-2-1-7-18(19)30(17)31/h1-12,14,17,24,26-35H,13,15-16H2/t17-,24+,26+,27-,28+,29-,30-,31-,32+,33-,34+,35-/m1/s1. The molecule has 6 bridgehead atoms. The molecule has 3 aromatic carbocycles. The number of benzene rings is 3. The maximum Gasteiger partial charge on any atom is 0.00262 e. The fourth-order valence-electron chi connectivity index (χ4n) is 12.9. The van der Waals surface area contributed by atoms with E-state index >= 15 is 0 Å². The van der Waals surface area contributed by atoms with E-state index in [1.165, 1.54) is 19.3 Å². The molecule has 12 rings (SSSR count). The molecule has 0 aromatic heterocycles. The van der Waals surface area contributed by atoms with E-state index in [0.29, 0.717) is 11.8 Å². The SMILES string of the molecule is BrC1=C(C2=C(C3=C[C@H]4C[C@@H]3[C@H]3c5ccccc5[C@H]34)[C@H]3C[C@@H]2[C@H]2c4ccccc4[C@H]23)[C@H]2C[C@@H]1[C@H]1c3ccccc3[C@H]12. The van der Waals surface area contributed by atoms with Crippen LogP contribution in [-0.2, 0) is 0 Å². The Morgan fingerprint density at radius 3 is 1.43 bits per heavy atom. The fourth-order valence-corrected chi connectivity index (χ4v) is 13.9. The molecular weight excluding hydrogens is 548 g/mol. The Bertz CT molecular complexity index is 1830. The normalized spacial score (nSPS) is 44.3. The highest BCUT2D eigenvalue weighted by Gasteiger charge is 2.66. The second kappa shape index (κ2) is 6.70. The molecule has 9 aliphatic rings. The van der Waals surface area contributed by atoms with Crippen molar-refractivity contribution in [1.82, 2.24) is 0 Å². The third kappa shape index (κ3) is 2.06. The number of hydrogen-bond donors (Lipinski definition) is 0. The van der Waals surface area contributed by atoms with Gasteiger partial charge in [-0.25, -0.2) is 0 Å². The van der Waals surface area contributed by atoms with Gasteiger partial charge in [0.25, 0.3) is 0 Å². The van der Waals surface area contributed by atoms with Crippen LogP contribution in [0.3, 0.4) is 0 Å². The Balaban J connectivity index is 1.04. The molecule has 3 saturated carbocycles. The van der Waals surface area contributed by atoms with E-state index in [9.17, 15) is 0 Å². The van der Waals surface area contributed by atoms with Crippen LogP contribution in [0.15, 0.2) is 106 Å². The molecule has 0 amide bonds. The summed E-state index contributed by atoms with van der Waals surface area (Å²) in [6, 6.07) is 28.3. The molecule has 0 unspecified atom stereocenters. The van der Waals surface area contributed by atoms with Crippen molar-refractivity contribution in [2.24, 2.45) is 35.5 Å². The molecule has 0 heterocycles. The molecule has 12 atom stereocenters. The van der Waals surface area contributed by atoms with E-state index in [2.05, 4.69) is 94.8 Å². The van der Waals surface area contributed by atoms with Gasteiger partial charge in [0, 0.05) is 4.48 Å². The Hall–Kier alpha value is -2.64. The Kier molecular flexibility index (Phi) is 3.54. The van der Waals surface area contributed by atoms with Gasteiger partial charge in [0.2, 0.25) is 0 Å². The van der Waals surface area contributed by atoms with Crippen LogP contribution < -0.4 is 0 Å². The molecule has 9 aliphatic carbocycles. The van der Waals surface area contributed by atoms with Gasteiger partial charge in [-0.2, -0.15) is 0 Å². The third-order valence-electron chi connectivity index (χ3n) is 13.9. The quantitative estimate of drug-likeness (QED) is 0.284. The first-order chi connectivity index (χ1) is 19.8. The molecule has 3 fully saturated rings. The minimum atomic E-state index is 0.703. The van der Waals surface area contributed by atoms with Gasteiger partial charge in [0.05, 0.1) is 0 Å². The predicted molar refractivity (Wildman–Crippen MR) is 162 cm³/mol. The second-order valence-electron chi connectivity index (χ2n) is 14.7. The summed E-state index contributed by atoms with van der Waals surface area (Å²) in [5.74, 6) is 8.99. The highest BCUT2D eigenvalue weighted by molar-refractivity contribution is 9.11. The summed E-state index contributed by atoms with van der Waals surface area (Å²) in [5, 5.41) is 0. The Morgan fingerprint density at radius 1 is 0.425 bits per heavy atom. The molecule has 40 heavy (non-hydrogen) atoms. The van der Waals surface area contributed by atoms with Crippen molar-refractivity contribution < 1.29 is 0 Å². The molecule has 0 aliphatic heterocycles. The fraction of sp³-hybridized carbons (Fsp3) is 0.385. The summed E-state index contributed by atoms with van der Waals surface area (Å²) in [5.41, 5.74) is 17.3. The zero-order valence-corrected chi connectivity index (χ0v) is 24.0. The van der Waals surface area contributed by atoms with Gasteiger partial charge in [-0.05, 0) is 146 Å². The van der Waals surface area contributed by atoms with Gasteiger partial charge in [0.15, 0.2) is 0 Å². The number of hydrogen-bond acceptors (Lipinski definition) is 0. The van der Waals surface area contributed by atoms with Crippen molar-refractivity contribution in [3.05, 3.63) is 139 Å². The molecule has 0 saturated heterocycles. The number of rotatable bonds is 2. The van der Waals surface area contributed by atoms with Crippen LogP contribution in [-0.4, -0.2) is 0 Å². The Morgan fingerprint density at radius 2 is 0.850 bits per heavy atom. The van der Waals surface area contributed by atoms with Gasteiger partial charge in [-0.3, -0.25) is 0 Å². The van der Waals surface area contributed by atoms with Gasteiger partial charge in [-0.15, -0.1) is 0 Å².